The Kier molecular flexibility index (Phi) is 6.93. The van der Waals surface area contributed by atoms with Gasteiger partial charge in [0.1, 0.15) is 5.75 Å². The van der Waals surface area contributed by atoms with Crippen LogP contribution in [-0.2, 0) is 4.79 Å². The molecule has 0 saturated carbocycles. The number of amides is 2. The lowest BCUT2D eigenvalue weighted by Crippen LogP contribution is -2.41. The number of likely N-dealkylation sites (tertiary alicyclic amines) is 1. The molecule has 1 heterocycles. The molecule has 1 aliphatic rings. The quantitative estimate of drug-likeness (QED) is 0.786. The number of hydrogen-bond donors (Lipinski definition) is 1. The molecule has 3 rings (SSSR count). The molecular formula is C22H25ClN2O3. The van der Waals surface area contributed by atoms with Gasteiger partial charge in [0, 0.05) is 23.8 Å². The van der Waals surface area contributed by atoms with Gasteiger partial charge in [0.25, 0.3) is 11.8 Å². The fourth-order valence-electron chi connectivity index (χ4n) is 3.29. The Labute approximate surface area is 170 Å². The smallest absolute Gasteiger partial charge is 0.263 e. The van der Waals surface area contributed by atoms with E-state index in [9.17, 15) is 9.59 Å². The summed E-state index contributed by atoms with van der Waals surface area (Å²) in [7, 11) is 0. The van der Waals surface area contributed by atoms with Gasteiger partial charge in [-0.2, -0.15) is 0 Å². The van der Waals surface area contributed by atoms with Crippen molar-refractivity contribution in [3.63, 3.8) is 0 Å². The predicted molar refractivity (Wildman–Crippen MR) is 111 cm³/mol. The molecule has 1 N–H and O–H groups in total. The van der Waals surface area contributed by atoms with Crippen LogP contribution in [0.15, 0.2) is 48.5 Å². The topological polar surface area (TPSA) is 58.6 Å². The van der Waals surface area contributed by atoms with Crippen LogP contribution >= 0.6 is 11.6 Å². The SMILES string of the molecule is CC(Oc1ccc(Cl)cc1C(=O)Nc1ccccc1)C(=O)N1CCCCCC1. The van der Waals surface area contributed by atoms with Crippen molar-refractivity contribution >= 4 is 29.1 Å². The third-order valence-electron chi connectivity index (χ3n) is 4.79. The molecule has 1 saturated heterocycles. The van der Waals surface area contributed by atoms with E-state index in [0.717, 1.165) is 38.8 Å². The summed E-state index contributed by atoms with van der Waals surface area (Å²) in [5.74, 6) is -0.0436. The van der Waals surface area contributed by atoms with Crippen LogP contribution in [0.3, 0.4) is 0 Å². The summed E-state index contributed by atoms with van der Waals surface area (Å²) in [6.45, 7) is 3.24. The second-order valence-corrected chi connectivity index (χ2v) is 7.40. The highest BCUT2D eigenvalue weighted by atomic mass is 35.5. The standard InChI is InChI=1S/C22H25ClN2O3/c1-16(22(27)25-13-7-2-3-8-14-25)28-20-12-11-17(23)15-19(20)21(26)24-18-9-5-4-6-10-18/h4-6,9-12,15-16H,2-3,7-8,13-14H2,1H3,(H,24,26). The molecule has 2 amide bonds. The summed E-state index contributed by atoms with van der Waals surface area (Å²) >= 11 is 6.09. The molecule has 0 bridgehead atoms. The van der Waals surface area contributed by atoms with Crippen LogP contribution in [0.2, 0.25) is 5.02 Å². The molecule has 1 unspecified atom stereocenters. The van der Waals surface area contributed by atoms with Gasteiger partial charge in [-0.25, -0.2) is 0 Å². The van der Waals surface area contributed by atoms with E-state index < -0.39 is 6.10 Å². The molecule has 5 nitrogen and oxygen atoms in total. The monoisotopic (exact) mass is 400 g/mol. The Balaban J connectivity index is 1.74. The van der Waals surface area contributed by atoms with Crippen LogP contribution in [0.4, 0.5) is 5.69 Å². The lowest BCUT2D eigenvalue weighted by molar-refractivity contribution is -0.137. The van der Waals surface area contributed by atoms with E-state index in [-0.39, 0.29) is 11.8 Å². The number of nitrogens with zero attached hydrogens (tertiary/aromatic N) is 1. The highest BCUT2D eigenvalue weighted by Crippen LogP contribution is 2.26. The number of hydrogen-bond acceptors (Lipinski definition) is 3. The van der Waals surface area contributed by atoms with Crippen molar-refractivity contribution in [1.82, 2.24) is 4.90 Å². The summed E-state index contributed by atoms with van der Waals surface area (Å²) < 4.78 is 5.90. The molecule has 0 radical (unpaired) electrons. The van der Waals surface area contributed by atoms with E-state index in [1.165, 1.54) is 0 Å². The van der Waals surface area contributed by atoms with E-state index in [4.69, 9.17) is 16.3 Å². The van der Waals surface area contributed by atoms with Gasteiger partial charge in [0.05, 0.1) is 5.56 Å². The van der Waals surface area contributed by atoms with Crippen molar-refractivity contribution in [3.8, 4) is 5.75 Å². The molecule has 1 atom stereocenters. The molecule has 0 aliphatic carbocycles. The molecule has 2 aromatic carbocycles. The Morgan fingerprint density at radius 1 is 1.04 bits per heavy atom. The molecule has 0 spiro atoms. The Morgan fingerprint density at radius 2 is 1.71 bits per heavy atom. The van der Waals surface area contributed by atoms with Gasteiger partial charge in [-0.1, -0.05) is 42.6 Å². The van der Waals surface area contributed by atoms with Gasteiger partial charge in [-0.05, 0) is 50.1 Å². The average Bonchev–Trinajstić information content (AvgIpc) is 2.99. The highest BCUT2D eigenvalue weighted by molar-refractivity contribution is 6.31. The normalized spacial score (nSPS) is 15.4. The van der Waals surface area contributed by atoms with Gasteiger partial charge in [0.2, 0.25) is 0 Å². The van der Waals surface area contributed by atoms with Gasteiger partial charge in [-0.3, -0.25) is 9.59 Å². The first-order chi connectivity index (χ1) is 13.5. The Bertz CT molecular complexity index is 818. The average molecular weight is 401 g/mol. The zero-order valence-electron chi connectivity index (χ0n) is 16.0. The number of benzene rings is 2. The van der Waals surface area contributed by atoms with Crippen molar-refractivity contribution in [2.45, 2.75) is 38.7 Å². The van der Waals surface area contributed by atoms with Gasteiger partial charge >= 0.3 is 0 Å². The zero-order chi connectivity index (χ0) is 19.9. The minimum atomic E-state index is -0.678. The summed E-state index contributed by atoms with van der Waals surface area (Å²) in [4.78, 5) is 27.4. The van der Waals surface area contributed by atoms with Gasteiger partial charge in [-0.15, -0.1) is 0 Å². The summed E-state index contributed by atoms with van der Waals surface area (Å²) in [6, 6.07) is 14.0. The van der Waals surface area contributed by atoms with Crippen LogP contribution in [0.1, 0.15) is 43.0 Å². The highest BCUT2D eigenvalue weighted by Gasteiger charge is 2.24. The first-order valence-corrected chi connectivity index (χ1v) is 10.0. The number of halogens is 1. The molecular weight excluding hydrogens is 376 g/mol. The lowest BCUT2D eigenvalue weighted by atomic mass is 10.1. The van der Waals surface area contributed by atoms with E-state index >= 15 is 0 Å². The molecule has 28 heavy (non-hydrogen) atoms. The van der Waals surface area contributed by atoms with Crippen LogP contribution in [-0.4, -0.2) is 35.9 Å². The lowest BCUT2D eigenvalue weighted by Gasteiger charge is -2.25. The third-order valence-corrected chi connectivity index (χ3v) is 5.02. The van der Waals surface area contributed by atoms with E-state index in [0.29, 0.717) is 22.0 Å². The maximum Gasteiger partial charge on any atom is 0.263 e. The number of anilines is 1. The molecule has 1 aliphatic heterocycles. The first-order valence-electron chi connectivity index (χ1n) is 9.66. The van der Waals surface area contributed by atoms with Gasteiger partial charge in [0.15, 0.2) is 6.10 Å². The van der Waals surface area contributed by atoms with Crippen molar-refractivity contribution in [2.75, 3.05) is 18.4 Å². The third kappa shape index (κ3) is 5.26. The Hall–Kier alpha value is -2.53. The number of para-hydroxylation sites is 1. The van der Waals surface area contributed by atoms with E-state index in [1.54, 1.807) is 37.3 Å². The largest absolute Gasteiger partial charge is 0.480 e. The number of ether oxygens (including phenoxy) is 1. The number of rotatable bonds is 5. The molecule has 0 aromatic heterocycles. The second kappa shape index (κ2) is 9.60. The van der Waals surface area contributed by atoms with Gasteiger partial charge < -0.3 is 15.0 Å². The fourth-order valence-corrected chi connectivity index (χ4v) is 3.46. The predicted octanol–water partition coefficient (Wildman–Crippen LogP) is 4.76. The molecule has 1 fully saturated rings. The summed E-state index contributed by atoms with van der Waals surface area (Å²) in [5.41, 5.74) is 0.971. The van der Waals surface area contributed by atoms with Crippen LogP contribution in [0, 0.1) is 0 Å². The second-order valence-electron chi connectivity index (χ2n) is 6.96. The van der Waals surface area contributed by atoms with Crippen molar-refractivity contribution in [2.24, 2.45) is 0 Å². The first kappa shape index (κ1) is 20.2. The molecule has 6 heteroatoms. The fraction of sp³-hybridized carbons (Fsp3) is 0.364. The maximum atomic E-state index is 12.8. The van der Waals surface area contributed by atoms with Crippen molar-refractivity contribution < 1.29 is 14.3 Å². The zero-order valence-corrected chi connectivity index (χ0v) is 16.7. The van der Waals surface area contributed by atoms with Crippen LogP contribution < -0.4 is 10.1 Å². The van der Waals surface area contributed by atoms with Crippen LogP contribution in [0.5, 0.6) is 5.75 Å². The number of nitrogens with one attached hydrogen (secondary N) is 1. The number of carbonyl (C=O) groups excluding carboxylic acids is 2. The van der Waals surface area contributed by atoms with E-state index in [1.807, 2.05) is 23.1 Å². The Morgan fingerprint density at radius 3 is 2.39 bits per heavy atom. The van der Waals surface area contributed by atoms with Crippen molar-refractivity contribution in [3.05, 3.63) is 59.1 Å². The number of carbonyl (C=O) groups is 2. The molecule has 148 valence electrons. The van der Waals surface area contributed by atoms with Crippen LogP contribution in [0.25, 0.3) is 0 Å². The minimum Gasteiger partial charge on any atom is -0.480 e. The minimum absolute atomic E-state index is 0.0498. The van der Waals surface area contributed by atoms with E-state index in [2.05, 4.69) is 5.32 Å². The molecule has 2 aromatic rings. The summed E-state index contributed by atoms with van der Waals surface area (Å²) in [6.07, 6.45) is 3.66. The van der Waals surface area contributed by atoms with Crippen molar-refractivity contribution in [1.29, 1.82) is 0 Å². The summed E-state index contributed by atoms with van der Waals surface area (Å²) in [5, 5.41) is 3.25. The maximum absolute atomic E-state index is 12.8.